The van der Waals surface area contributed by atoms with E-state index < -0.39 is 6.03 Å². The van der Waals surface area contributed by atoms with Crippen LogP contribution in [0.1, 0.15) is 15.9 Å². The number of benzene rings is 1. The summed E-state index contributed by atoms with van der Waals surface area (Å²) in [6.45, 7) is 0.335. The van der Waals surface area contributed by atoms with Gasteiger partial charge in [-0.3, -0.25) is 9.78 Å². The number of hydrogen-bond donors (Lipinski definition) is 3. The van der Waals surface area contributed by atoms with Crippen LogP contribution in [0.5, 0.6) is 0 Å². The van der Waals surface area contributed by atoms with Crippen LogP contribution in [-0.2, 0) is 6.54 Å². The molecular weight excluding hydrogens is 256 g/mol. The lowest BCUT2D eigenvalue weighted by molar-refractivity contribution is 0.102. The topological polar surface area (TPSA) is 97.1 Å². The number of amides is 3. The monoisotopic (exact) mass is 270 g/mol. The molecule has 0 aliphatic heterocycles. The number of pyridine rings is 1. The largest absolute Gasteiger partial charge is 0.352 e. The van der Waals surface area contributed by atoms with Crippen molar-refractivity contribution in [3.63, 3.8) is 0 Å². The SMILES string of the molecule is NC(=O)NCc1ccc(C(=O)Nc2ccncc2)cc1. The van der Waals surface area contributed by atoms with Gasteiger partial charge in [-0.1, -0.05) is 12.1 Å². The van der Waals surface area contributed by atoms with Gasteiger partial charge in [0.25, 0.3) is 5.91 Å². The molecule has 2 aromatic rings. The minimum absolute atomic E-state index is 0.203. The van der Waals surface area contributed by atoms with Crippen molar-refractivity contribution in [3.05, 3.63) is 59.9 Å². The fourth-order valence-corrected chi connectivity index (χ4v) is 1.60. The summed E-state index contributed by atoms with van der Waals surface area (Å²) in [6, 6.07) is 9.74. The van der Waals surface area contributed by atoms with Gasteiger partial charge in [0.1, 0.15) is 0 Å². The summed E-state index contributed by atoms with van der Waals surface area (Å²) in [6.07, 6.45) is 3.21. The Hall–Kier alpha value is -2.89. The minimum atomic E-state index is -0.579. The van der Waals surface area contributed by atoms with Crippen molar-refractivity contribution in [1.29, 1.82) is 0 Å². The molecule has 0 spiro atoms. The summed E-state index contributed by atoms with van der Waals surface area (Å²) in [5.74, 6) is -0.203. The minimum Gasteiger partial charge on any atom is -0.352 e. The molecule has 1 aromatic carbocycles. The van der Waals surface area contributed by atoms with Crippen molar-refractivity contribution in [2.24, 2.45) is 5.73 Å². The molecule has 0 radical (unpaired) electrons. The molecule has 0 unspecified atom stereocenters. The van der Waals surface area contributed by atoms with E-state index in [1.807, 2.05) is 0 Å². The first-order valence-electron chi connectivity index (χ1n) is 5.99. The van der Waals surface area contributed by atoms with Crippen LogP contribution in [0.3, 0.4) is 0 Å². The maximum Gasteiger partial charge on any atom is 0.312 e. The van der Waals surface area contributed by atoms with E-state index >= 15 is 0 Å². The second-order valence-corrected chi connectivity index (χ2v) is 4.10. The Morgan fingerprint density at radius 3 is 2.30 bits per heavy atom. The number of nitrogens with two attached hydrogens (primary N) is 1. The molecule has 0 atom stereocenters. The molecule has 2 rings (SSSR count). The molecule has 6 nitrogen and oxygen atoms in total. The van der Waals surface area contributed by atoms with E-state index in [0.29, 0.717) is 17.8 Å². The highest BCUT2D eigenvalue weighted by Gasteiger charge is 2.05. The van der Waals surface area contributed by atoms with Gasteiger partial charge in [-0.15, -0.1) is 0 Å². The first kappa shape index (κ1) is 13.5. The standard InChI is InChI=1S/C14H14N4O2/c15-14(20)17-9-10-1-3-11(4-2-10)13(19)18-12-5-7-16-8-6-12/h1-8H,9H2,(H3,15,17,20)(H,16,18,19). The fraction of sp³-hybridized carbons (Fsp3) is 0.0714. The van der Waals surface area contributed by atoms with Gasteiger partial charge in [0.2, 0.25) is 0 Å². The summed E-state index contributed by atoms with van der Waals surface area (Å²) in [5, 5.41) is 5.24. The Kier molecular flexibility index (Phi) is 4.28. The molecule has 0 aliphatic rings. The normalized spacial score (nSPS) is 9.80. The van der Waals surface area contributed by atoms with Gasteiger partial charge >= 0.3 is 6.03 Å². The van der Waals surface area contributed by atoms with Crippen molar-refractivity contribution in [2.75, 3.05) is 5.32 Å². The summed E-state index contributed by atoms with van der Waals surface area (Å²) < 4.78 is 0. The molecular formula is C14H14N4O2. The second kappa shape index (κ2) is 6.33. The lowest BCUT2D eigenvalue weighted by atomic mass is 10.1. The number of urea groups is 1. The zero-order valence-electron chi connectivity index (χ0n) is 10.7. The van der Waals surface area contributed by atoms with Crippen molar-refractivity contribution in [3.8, 4) is 0 Å². The van der Waals surface area contributed by atoms with Crippen molar-refractivity contribution in [1.82, 2.24) is 10.3 Å². The maximum atomic E-state index is 12.0. The van der Waals surface area contributed by atoms with Crippen LogP contribution < -0.4 is 16.4 Å². The van der Waals surface area contributed by atoms with Gasteiger partial charge in [-0.2, -0.15) is 0 Å². The van der Waals surface area contributed by atoms with Crippen molar-refractivity contribution in [2.45, 2.75) is 6.54 Å². The number of primary amides is 1. The number of carbonyl (C=O) groups excluding carboxylic acids is 2. The summed E-state index contributed by atoms with van der Waals surface area (Å²) in [5.41, 5.74) is 7.07. The predicted molar refractivity (Wildman–Crippen MR) is 75.1 cm³/mol. The number of nitrogens with zero attached hydrogens (tertiary/aromatic N) is 1. The first-order chi connectivity index (χ1) is 9.65. The summed E-state index contributed by atoms with van der Waals surface area (Å²) in [4.78, 5) is 26.4. The Morgan fingerprint density at radius 1 is 1.05 bits per heavy atom. The Morgan fingerprint density at radius 2 is 1.70 bits per heavy atom. The van der Waals surface area contributed by atoms with Crippen molar-refractivity contribution < 1.29 is 9.59 Å². The zero-order chi connectivity index (χ0) is 14.4. The molecule has 0 fully saturated rings. The third-order valence-corrected chi connectivity index (χ3v) is 2.62. The smallest absolute Gasteiger partial charge is 0.312 e. The molecule has 4 N–H and O–H groups in total. The van der Waals surface area contributed by atoms with Crippen LogP contribution in [0.4, 0.5) is 10.5 Å². The lowest BCUT2D eigenvalue weighted by Crippen LogP contribution is -2.28. The highest BCUT2D eigenvalue weighted by atomic mass is 16.2. The Balaban J connectivity index is 1.99. The van der Waals surface area contributed by atoms with E-state index in [1.54, 1.807) is 48.8 Å². The first-order valence-corrected chi connectivity index (χ1v) is 5.99. The van der Waals surface area contributed by atoms with E-state index in [-0.39, 0.29) is 5.91 Å². The summed E-state index contributed by atoms with van der Waals surface area (Å²) >= 11 is 0. The van der Waals surface area contributed by atoms with Crippen LogP contribution in [0.25, 0.3) is 0 Å². The van der Waals surface area contributed by atoms with Crippen LogP contribution >= 0.6 is 0 Å². The van der Waals surface area contributed by atoms with E-state index in [0.717, 1.165) is 5.56 Å². The van der Waals surface area contributed by atoms with E-state index in [1.165, 1.54) is 0 Å². The average molecular weight is 270 g/mol. The van der Waals surface area contributed by atoms with Gasteiger partial charge in [-0.05, 0) is 29.8 Å². The summed E-state index contributed by atoms with van der Waals surface area (Å²) in [7, 11) is 0. The number of hydrogen-bond acceptors (Lipinski definition) is 3. The highest BCUT2D eigenvalue weighted by Crippen LogP contribution is 2.09. The lowest BCUT2D eigenvalue weighted by Gasteiger charge is -2.06. The molecule has 0 bridgehead atoms. The predicted octanol–water partition coefficient (Wildman–Crippen LogP) is 1.50. The molecule has 1 aromatic heterocycles. The van der Waals surface area contributed by atoms with Gasteiger partial charge < -0.3 is 16.4 Å². The third-order valence-electron chi connectivity index (χ3n) is 2.62. The van der Waals surface area contributed by atoms with Gasteiger partial charge in [-0.25, -0.2) is 4.79 Å². The van der Waals surface area contributed by atoms with Gasteiger partial charge in [0, 0.05) is 30.2 Å². The van der Waals surface area contributed by atoms with Crippen molar-refractivity contribution >= 4 is 17.6 Å². The van der Waals surface area contributed by atoms with Crippen LogP contribution in [-0.4, -0.2) is 16.9 Å². The van der Waals surface area contributed by atoms with Gasteiger partial charge in [0.05, 0.1) is 0 Å². The number of carbonyl (C=O) groups is 2. The van der Waals surface area contributed by atoms with Crippen LogP contribution in [0, 0.1) is 0 Å². The number of rotatable bonds is 4. The van der Waals surface area contributed by atoms with Crippen LogP contribution in [0.2, 0.25) is 0 Å². The molecule has 102 valence electrons. The number of aromatic nitrogens is 1. The number of nitrogens with one attached hydrogen (secondary N) is 2. The fourth-order valence-electron chi connectivity index (χ4n) is 1.60. The zero-order valence-corrected chi connectivity index (χ0v) is 10.7. The molecule has 6 heteroatoms. The highest BCUT2D eigenvalue weighted by molar-refractivity contribution is 6.04. The second-order valence-electron chi connectivity index (χ2n) is 4.10. The Bertz CT molecular complexity index is 596. The van der Waals surface area contributed by atoms with Gasteiger partial charge in [0.15, 0.2) is 0 Å². The number of anilines is 1. The maximum absolute atomic E-state index is 12.0. The van der Waals surface area contributed by atoms with E-state index in [2.05, 4.69) is 15.6 Å². The molecule has 1 heterocycles. The average Bonchev–Trinajstić information content (AvgIpc) is 2.46. The molecule has 3 amide bonds. The van der Waals surface area contributed by atoms with E-state index in [4.69, 9.17) is 5.73 Å². The van der Waals surface area contributed by atoms with Crippen LogP contribution in [0.15, 0.2) is 48.8 Å². The molecule has 0 aliphatic carbocycles. The quantitative estimate of drug-likeness (QED) is 0.785. The Labute approximate surface area is 116 Å². The molecule has 20 heavy (non-hydrogen) atoms. The molecule has 0 saturated heterocycles. The van der Waals surface area contributed by atoms with E-state index in [9.17, 15) is 9.59 Å². The molecule has 0 saturated carbocycles. The third kappa shape index (κ3) is 3.81.